The Kier molecular flexibility index (Phi) is 4.05. The van der Waals surface area contributed by atoms with E-state index < -0.39 is 18.3 Å². The molecule has 0 atom stereocenters. The van der Waals surface area contributed by atoms with Crippen molar-refractivity contribution >= 4 is 12.6 Å². The third-order valence-electron chi connectivity index (χ3n) is 7.74. The fraction of sp³-hybridized carbons (Fsp3) is 0.480. The van der Waals surface area contributed by atoms with E-state index in [1.807, 2.05) is 6.07 Å². The highest BCUT2D eigenvalue weighted by atomic mass is 16.7. The summed E-state index contributed by atoms with van der Waals surface area (Å²) in [6.07, 6.45) is 6.05. The van der Waals surface area contributed by atoms with Crippen LogP contribution in [0, 0.1) is 11.3 Å². The second kappa shape index (κ2) is 6.21. The summed E-state index contributed by atoms with van der Waals surface area (Å²) in [5.74, 6) is 0. The normalized spacial score (nSPS) is 22.9. The number of rotatable bonds is 1. The summed E-state index contributed by atoms with van der Waals surface area (Å²) in [6.45, 7) is 8.29. The van der Waals surface area contributed by atoms with E-state index in [9.17, 15) is 5.26 Å². The van der Waals surface area contributed by atoms with Gasteiger partial charge in [-0.1, -0.05) is 49.6 Å². The molecule has 2 aliphatic carbocycles. The molecule has 0 bridgehead atoms. The third-order valence-corrected chi connectivity index (χ3v) is 7.74. The fourth-order valence-corrected chi connectivity index (χ4v) is 5.49. The van der Waals surface area contributed by atoms with Gasteiger partial charge in [0, 0.05) is 11.0 Å². The minimum atomic E-state index is -0.443. The van der Waals surface area contributed by atoms with Gasteiger partial charge in [0.1, 0.15) is 0 Å². The molecule has 1 saturated heterocycles. The van der Waals surface area contributed by atoms with Gasteiger partial charge in [0.15, 0.2) is 0 Å². The van der Waals surface area contributed by atoms with Crippen LogP contribution in [-0.2, 0) is 14.7 Å². The molecule has 148 valence electrons. The molecule has 1 saturated carbocycles. The van der Waals surface area contributed by atoms with Crippen molar-refractivity contribution in [2.75, 3.05) is 0 Å². The first-order valence-corrected chi connectivity index (χ1v) is 10.8. The van der Waals surface area contributed by atoms with Crippen molar-refractivity contribution in [1.82, 2.24) is 0 Å². The smallest absolute Gasteiger partial charge is 0.399 e. The van der Waals surface area contributed by atoms with Crippen LogP contribution in [0.25, 0.3) is 11.1 Å². The van der Waals surface area contributed by atoms with E-state index in [1.54, 1.807) is 0 Å². The van der Waals surface area contributed by atoms with Crippen LogP contribution in [0.4, 0.5) is 0 Å². The van der Waals surface area contributed by atoms with Gasteiger partial charge in [0.2, 0.25) is 0 Å². The zero-order valence-electron chi connectivity index (χ0n) is 17.8. The van der Waals surface area contributed by atoms with Gasteiger partial charge >= 0.3 is 7.12 Å². The molecule has 0 unspecified atom stereocenters. The Bertz CT molecular complexity index is 1010. The first kappa shape index (κ1) is 18.9. The van der Waals surface area contributed by atoms with Crippen molar-refractivity contribution in [3.8, 4) is 17.2 Å². The van der Waals surface area contributed by atoms with Crippen molar-refractivity contribution in [3.05, 3.63) is 53.1 Å². The molecule has 3 aliphatic rings. The van der Waals surface area contributed by atoms with Crippen molar-refractivity contribution in [1.29, 1.82) is 5.26 Å². The molecule has 1 heterocycles. The molecular weight excluding hydrogens is 357 g/mol. The van der Waals surface area contributed by atoms with Crippen molar-refractivity contribution < 1.29 is 9.31 Å². The molecule has 0 radical (unpaired) electrons. The summed E-state index contributed by atoms with van der Waals surface area (Å²) in [7, 11) is -0.443. The Morgan fingerprint density at radius 1 is 0.897 bits per heavy atom. The molecule has 5 rings (SSSR count). The van der Waals surface area contributed by atoms with Gasteiger partial charge in [-0.25, -0.2) is 0 Å². The number of nitrogens with zero attached hydrogens (tertiary/aromatic N) is 1. The molecule has 0 amide bonds. The van der Waals surface area contributed by atoms with Gasteiger partial charge in [-0.3, -0.25) is 0 Å². The highest BCUT2D eigenvalue weighted by Gasteiger charge is 2.53. The van der Waals surface area contributed by atoms with Gasteiger partial charge in [-0.05, 0) is 68.8 Å². The predicted molar refractivity (Wildman–Crippen MR) is 116 cm³/mol. The zero-order chi connectivity index (χ0) is 20.4. The molecule has 2 aromatic rings. The summed E-state index contributed by atoms with van der Waals surface area (Å²) in [5.41, 5.74) is 6.02. The Morgan fingerprint density at radius 3 is 2.21 bits per heavy atom. The maximum Gasteiger partial charge on any atom is 0.494 e. The van der Waals surface area contributed by atoms with Gasteiger partial charge in [0.05, 0.1) is 22.8 Å². The average Bonchev–Trinajstić information content (AvgIpc) is 3.10. The summed E-state index contributed by atoms with van der Waals surface area (Å²) in [6, 6.07) is 15.4. The quantitative estimate of drug-likeness (QED) is 0.643. The lowest BCUT2D eigenvalue weighted by Gasteiger charge is -2.36. The van der Waals surface area contributed by atoms with E-state index in [4.69, 9.17) is 9.31 Å². The van der Waals surface area contributed by atoms with E-state index in [2.05, 4.69) is 64.1 Å². The largest absolute Gasteiger partial charge is 0.494 e. The Hall–Kier alpha value is -2.09. The van der Waals surface area contributed by atoms with Crippen LogP contribution in [0.15, 0.2) is 36.4 Å². The highest BCUT2D eigenvalue weighted by molar-refractivity contribution is 6.62. The molecule has 2 aromatic carbocycles. The molecular formula is C25H28BNO2. The maximum atomic E-state index is 10.1. The standard InChI is InChI=1S/C25H28BNO2/c1-23(2)24(3,4)29-26(28-23)18-14-17(16-27)22-19-10-6-7-11-20(19)25(21(22)15-18)12-8-5-9-13-25/h6-7,10-11,14-15H,5,8-9,12-13H2,1-4H3. The Morgan fingerprint density at radius 2 is 1.55 bits per heavy atom. The average molecular weight is 385 g/mol. The summed E-state index contributed by atoms with van der Waals surface area (Å²) < 4.78 is 12.7. The highest BCUT2D eigenvalue weighted by Crippen LogP contribution is 2.56. The van der Waals surface area contributed by atoms with Gasteiger partial charge in [0.25, 0.3) is 0 Å². The van der Waals surface area contributed by atoms with Crippen LogP contribution in [0.1, 0.15) is 76.5 Å². The number of benzene rings is 2. The first-order chi connectivity index (χ1) is 13.8. The molecule has 4 heteroatoms. The van der Waals surface area contributed by atoms with Crippen LogP contribution < -0.4 is 5.46 Å². The van der Waals surface area contributed by atoms with E-state index in [-0.39, 0.29) is 5.41 Å². The molecule has 3 nitrogen and oxygen atoms in total. The number of hydrogen-bond donors (Lipinski definition) is 0. The lowest BCUT2D eigenvalue weighted by molar-refractivity contribution is 0.00578. The lowest BCUT2D eigenvalue weighted by Crippen LogP contribution is -2.41. The van der Waals surface area contributed by atoms with Crippen LogP contribution in [0.5, 0.6) is 0 Å². The summed E-state index contributed by atoms with van der Waals surface area (Å²) in [4.78, 5) is 0. The summed E-state index contributed by atoms with van der Waals surface area (Å²) in [5, 5.41) is 10.1. The molecule has 1 spiro atoms. The number of hydrogen-bond acceptors (Lipinski definition) is 3. The van der Waals surface area contributed by atoms with Crippen LogP contribution in [-0.4, -0.2) is 18.3 Å². The molecule has 2 fully saturated rings. The fourth-order valence-electron chi connectivity index (χ4n) is 5.49. The number of fused-ring (bicyclic) bond motifs is 5. The number of nitriles is 1. The predicted octanol–water partition coefficient (Wildman–Crippen LogP) is 5.09. The molecule has 0 N–H and O–H groups in total. The third kappa shape index (κ3) is 2.57. The van der Waals surface area contributed by atoms with Crippen LogP contribution >= 0.6 is 0 Å². The van der Waals surface area contributed by atoms with Gasteiger partial charge in [-0.2, -0.15) is 5.26 Å². The maximum absolute atomic E-state index is 10.1. The molecule has 1 aliphatic heterocycles. The van der Waals surface area contributed by atoms with E-state index in [0.29, 0.717) is 0 Å². The topological polar surface area (TPSA) is 42.2 Å². The minimum Gasteiger partial charge on any atom is -0.399 e. The Labute approximate surface area is 174 Å². The van der Waals surface area contributed by atoms with Gasteiger partial charge in [-0.15, -0.1) is 0 Å². The lowest BCUT2D eigenvalue weighted by atomic mass is 9.66. The van der Waals surface area contributed by atoms with E-state index in [1.165, 1.54) is 36.0 Å². The van der Waals surface area contributed by atoms with Crippen molar-refractivity contribution in [3.63, 3.8) is 0 Å². The minimum absolute atomic E-state index is 0.0232. The van der Waals surface area contributed by atoms with Crippen LogP contribution in [0.2, 0.25) is 0 Å². The Balaban J connectivity index is 1.71. The van der Waals surface area contributed by atoms with Gasteiger partial charge < -0.3 is 9.31 Å². The molecule has 29 heavy (non-hydrogen) atoms. The zero-order valence-corrected chi connectivity index (χ0v) is 17.8. The van der Waals surface area contributed by atoms with Crippen molar-refractivity contribution in [2.45, 2.75) is 76.4 Å². The second-order valence-electron chi connectivity index (χ2n) is 9.88. The van der Waals surface area contributed by atoms with E-state index >= 15 is 0 Å². The molecule has 0 aromatic heterocycles. The van der Waals surface area contributed by atoms with E-state index in [0.717, 1.165) is 29.4 Å². The summed E-state index contributed by atoms with van der Waals surface area (Å²) >= 11 is 0. The SMILES string of the molecule is CC1(C)OB(c2cc(C#N)c3c(c2)C2(CCCCC2)c2ccccc2-3)OC1(C)C. The first-order valence-electron chi connectivity index (χ1n) is 10.8. The monoisotopic (exact) mass is 385 g/mol. The van der Waals surface area contributed by atoms with Crippen molar-refractivity contribution in [2.24, 2.45) is 0 Å². The van der Waals surface area contributed by atoms with Crippen LogP contribution in [0.3, 0.4) is 0 Å². The second-order valence-corrected chi connectivity index (χ2v) is 9.88.